The smallest absolute Gasteiger partial charge is 0.164 e. The minimum Gasteiger partial charge on any atom is -0.452 e. The fraction of sp³-hybridized carbons (Fsp3) is 0. The molecule has 15 rings (SSSR count). The van der Waals surface area contributed by atoms with Gasteiger partial charge in [0.25, 0.3) is 0 Å². The van der Waals surface area contributed by atoms with E-state index in [0.29, 0.717) is 17.5 Å². The predicted molar refractivity (Wildman–Crippen MR) is 308 cm³/mol. The molecule has 0 N–H and O–H groups in total. The molecule has 0 saturated carbocycles. The summed E-state index contributed by atoms with van der Waals surface area (Å²) in [6, 6.07) is 92.1. The number of rotatable bonds is 8. The molecule has 0 radical (unpaired) electrons. The molecule has 15 aromatic rings. The van der Waals surface area contributed by atoms with Crippen LogP contribution in [0.1, 0.15) is 0 Å². The van der Waals surface area contributed by atoms with Gasteiger partial charge in [-0.25, -0.2) is 15.0 Å². The highest BCUT2D eigenvalue weighted by atomic mass is 16.3. The number of benzene rings is 11. The molecule has 11 aromatic carbocycles. The molecule has 75 heavy (non-hydrogen) atoms. The zero-order chi connectivity index (χ0) is 49.4. The normalized spacial score (nSPS) is 11.7. The van der Waals surface area contributed by atoms with Crippen molar-refractivity contribution in [3.8, 4) is 78.9 Å². The molecule has 0 fully saturated rings. The Balaban J connectivity index is 0.928. The van der Waals surface area contributed by atoms with Gasteiger partial charge < -0.3 is 13.6 Å². The summed E-state index contributed by atoms with van der Waals surface area (Å²) in [7, 11) is 0. The van der Waals surface area contributed by atoms with Crippen LogP contribution in [0.15, 0.2) is 265 Å². The van der Waals surface area contributed by atoms with Crippen LogP contribution in [-0.2, 0) is 0 Å². The molecular formula is C69H43N5O. The topological polar surface area (TPSA) is 61.7 Å². The standard InChI is InChI=1S/C69H43N5O/c1-4-17-44(18-5-1)47-33-35-48(36-34-47)67-70-68(51-25-14-23-49(41-51)45-19-6-2-7-20-45)72-69(71-67)52-26-16-28-54(43-52)74-62-32-13-11-30-56(62)58-38-40-60-59-39-37-57-55-29-10-12-31-61(55)73(63(57)65(59)75-66(60)64(58)74)53-27-15-24-50(42-53)46-21-8-3-9-22-46/h1-43H. The summed E-state index contributed by atoms with van der Waals surface area (Å²) in [6.45, 7) is 0. The Kier molecular flexibility index (Phi) is 9.78. The second kappa shape index (κ2) is 17.3. The summed E-state index contributed by atoms with van der Waals surface area (Å²) in [5.74, 6) is 1.78. The summed E-state index contributed by atoms with van der Waals surface area (Å²) < 4.78 is 12.2. The van der Waals surface area contributed by atoms with Crippen molar-refractivity contribution in [2.24, 2.45) is 0 Å². The maximum absolute atomic E-state index is 7.43. The van der Waals surface area contributed by atoms with Crippen LogP contribution in [0.2, 0.25) is 0 Å². The van der Waals surface area contributed by atoms with E-state index in [1.165, 1.54) is 10.9 Å². The Morgan fingerprint density at radius 2 is 0.587 bits per heavy atom. The number of para-hydroxylation sites is 2. The Morgan fingerprint density at radius 3 is 1.11 bits per heavy atom. The van der Waals surface area contributed by atoms with Crippen molar-refractivity contribution in [3.63, 3.8) is 0 Å². The average Bonchev–Trinajstić information content (AvgIpc) is 4.21. The largest absolute Gasteiger partial charge is 0.452 e. The Labute approximate surface area is 431 Å². The first kappa shape index (κ1) is 42.5. The van der Waals surface area contributed by atoms with E-state index in [0.717, 1.165) is 116 Å². The summed E-state index contributed by atoms with van der Waals surface area (Å²) in [5, 5.41) is 6.68. The van der Waals surface area contributed by atoms with Crippen molar-refractivity contribution in [1.82, 2.24) is 24.1 Å². The molecule has 0 bridgehead atoms. The van der Waals surface area contributed by atoms with Gasteiger partial charge in [0.15, 0.2) is 28.6 Å². The maximum Gasteiger partial charge on any atom is 0.164 e. The molecule has 350 valence electrons. The van der Waals surface area contributed by atoms with Crippen LogP contribution in [-0.4, -0.2) is 24.1 Å². The third-order valence-electron chi connectivity index (χ3n) is 14.8. The second-order valence-corrected chi connectivity index (χ2v) is 19.1. The van der Waals surface area contributed by atoms with Gasteiger partial charge in [-0.1, -0.05) is 206 Å². The van der Waals surface area contributed by atoms with E-state index in [4.69, 9.17) is 19.4 Å². The molecule has 0 aliphatic carbocycles. The van der Waals surface area contributed by atoms with Crippen LogP contribution in [0.4, 0.5) is 0 Å². The van der Waals surface area contributed by atoms with Gasteiger partial charge in [-0.15, -0.1) is 0 Å². The molecule has 4 heterocycles. The van der Waals surface area contributed by atoms with Crippen LogP contribution in [0.3, 0.4) is 0 Å². The fourth-order valence-corrected chi connectivity index (χ4v) is 11.2. The Bertz CT molecular complexity index is 4690. The van der Waals surface area contributed by atoms with Crippen molar-refractivity contribution in [3.05, 3.63) is 261 Å². The van der Waals surface area contributed by atoms with E-state index >= 15 is 0 Å². The molecule has 0 amide bonds. The summed E-state index contributed by atoms with van der Waals surface area (Å²) >= 11 is 0. The zero-order valence-electron chi connectivity index (χ0n) is 40.5. The number of furan rings is 1. The third-order valence-corrected chi connectivity index (χ3v) is 14.8. The van der Waals surface area contributed by atoms with Crippen LogP contribution < -0.4 is 0 Å². The number of hydrogen-bond acceptors (Lipinski definition) is 4. The van der Waals surface area contributed by atoms with Crippen molar-refractivity contribution in [2.75, 3.05) is 0 Å². The molecule has 0 aliphatic heterocycles. The van der Waals surface area contributed by atoms with Gasteiger partial charge in [0, 0.05) is 60.4 Å². The lowest BCUT2D eigenvalue weighted by Crippen LogP contribution is -2.01. The van der Waals surface area contributed by atoms with Crippen LogP contribution in [0.25, 0.3) is 144 Å². The van der Waals surface area contributed by atoms with Crippen LogP contribution >= 0.6 is 0 Å². The molecule has 6 heteroatoms. The molecule has 0 aliphatic rings. The quantitative estimate of drug-likeness (QED) is 0.152. The van der Waals surface area contributed by atoms with Crippen LogP contribution in [0.5, 0.6) is 0 Å². The molecule has 6 nitrogen and oxygen atoms in total. The van der Waals surface area contributed by atoms with Gasteiger partial charge in [-0.3, -0.25) is 0 Å². The lowest BCUT2D eigenvalue weighted by atomic mass is 10.0. The number of aromatic nitrogens is 5. The van der Waals surface area contributed by atoms with Gasteiger partial charge in [-0.2, -0.15) is 0 Å². The van der Waals surface area contributed by atoms with Crippen molar-refractivity contribution < 1.29 is 4.42 Å². The monoisotopic (exact) mass is 957 g/mol. The number of fused-ring (bicyclic) bond motifs is 11. The van der Waals surface area contributed by atoms with E-state index in [-0.39, 0.29) is 0 Å². The van der Waals surface area contributed by atoms with Crippen molar-refractivity contribution in [2.45, 2.75) is 0 Å². The second-order valence-electron chi connectivity index (χ2n) is 19.1. The Hall–Kier alpha value is -10.2. The third kappa shape index (κ3) is 7.07. The lowest BCUT2D eigenvalue weighted by molar-refractivity contribution is 0.673. The van der Waals surface area contributed by atoms with Crippen molar-refractivity contribution in [1.29, 1.82) is 0 Å². The van der Waals surface area contributed by atoms with E-state index in [2.05, 4.69) is 258 Å². The highest BCUT2D eigenvalue weighted by molar-refractivity contribution is 6.26. The first-order valence-electron chi connectivity index (χ1n) is 25.3. The van der Waals surface area contributed by atoms with Crippen LogP contribution in [0, 0.1) is 0 Å². The van der Waals surface area contributed by atoms with E-state index in [1.807, 2.05) is 12.1 Å². The summed E-state index contributed by atoms with van der Waals surface area (Å²) in [4.78, 5) is 15.7. The first-order valence-corrected chi connectivity index (χ1v) is 25.3. The SMILES string of the molecule is c1ccc(-c2ccc(-c3nc(-c4cccc(-c5ccccc5)c4)nc(-c4cccc(-n5c6ccccc6c6ccc7c8ccc9c%10ccccc%10n(-c%10cccc(-c%11ccccc%11)c%10)c9c8oc7c65)c4)n3)cc2)cc1. The molecule has 0 saturated heterocycles. The van der Waals surface area contributed by atoms with Gasteiger partial charge >= 0.3 is 0 Å². The fourth-order valence-electron chi connectivity index (χ4n) is 11.2. The molecule has 4 aromatic heterocycles. The van der Waals surface area contributed by atoms with Crippen molar-refractivity contribution >= 4 is 65.6 Å². The predicted octanol–water partition coefficient (Wildman–Crippen LogP) is 18.0. The number of nitrogens with zero attached hydrogens (tertiary/aromatic N) is 5. The molecule has 0 atom stereocenters. The Morgan fingerprint density at radius 1 is 0.240 bits per heavy atom. The van der Waals surface area contributed by atoms with Gasteiger partial charge in [0.2, 0.25) is 0 Å². The minimum absolute atomic E-state index is 0.579. The summed E-state index contributed by atoms with van der Waals surface area (Å²) in [5.41, 5.74) is 17.5. The molecule has 0 spiro atoms. The number of hydrogen-bond donors (Lipinski definition) is 0. The zero-order valence-corrected chi connectivity index (χ0v) is 40.5. The van der Waals surface area contributed by atoms with Gasteiger partial charge in [0.1, 0.15) is 0 Å². The highest BCUT2D eigenvalue weighted by Gasteiger charge is 2.24. The van der Waals surface area contributed by atoms with E-state index < -0.39 is 0 Å². The molecular weight excluding hydrogens is 915 g/mol. The maximum atomic E-state index is 7.43. The molecule has 0 unspecified atom stereocenters. The average molecular weight is 958 g/mol. The van der Waals surface area contributed by atoms with Gasteiger partial charge in [-0.05, 0) is 88.0 Å². The summed E-state index contributed by atoms with van der Waals surface area (Å²) in [6.07, 6.45) is 0. The van der Waals surface area contributed by atoms with E-state index in [9.17, 15) is 0 Å². The highest BCUT2D eigenvalue weighted by Crippen LogP contribution is 2.45. The first-order chi connectivity index (χ1) is 37.2. The lowest BCUT2D eigenvalue weighted by Gasteiger charge is -2.12. The minimum atomic E-state index is 0.579. The van der Waals surface area contributed by atoms with E-state index in [1.54, 1.807) is 0 Å². The van der Waals surface area contributed by atoms with Gasteiger partial charge in [0.05, 0.1) is 22.1 Å².